The molecule has 0 unspecified atom stereocenters. The van der Waals surface area contributed by atoms with Crippen LogP contribution in [0.4, 0.5) is 17.3 Å². The summed E-state index contributed by atoms with van der Waals surface area (Å²) in [5, 5.41) is 7.49. The smallest absolute Gasteiger partial charge is 0.136 e. The topological polar surface area (TPSA) is 49.8 Å². The molecule has 0 aliphatic heterocycles. The molecule has 22 heavy (non-hydrogen) atoms. The van der Waals surface area contributed by atoms with Gasteiger partial charge >= 0.3 is 0 Å². The summed E-state index contributed by atoms with van der Waals surface area (Å²) in [7, 11) is 0. The van der Waals surface area contributed by atoms with Crippen molar-refractivity contribution in [1.82, 2.24) is 9.97 Å². The van der Waals surface area contributed by atoms with E-state index in [9.17, 15) is 0 Å². The third kappa shape index (κ3) is 3.89. The van der Waals surface area contributed by atoms with Crippen LogP contribution in [0, 0.1) is 6.92 Å². The molecule has 116 valence electrons. The van der Waals surface area contributed by atoms with Gasteiger partial charge in [0, 0.05) is 12.1 Å². The second kappa shape index (κ2) is 6.97. The van der Waals surface area contributed by atoms with Gasteiger partial charge in [0.15, 0.2) is 0 Å². The van der Waals surface area contributed by atoms with Crippen LogP contribution in [0.3, 0.4) is 0 Å². The average molecular weight is 317 g/mol. The number of nitrogens with zero attached hydrogens (tertiary/aromatic N) is 2. The van der Waals surface area contributed by atoms with Gasteiger partial charge in [0.05, 0.1) is 10.7 Å². The molecule has 5 heteroatoms. The van der Waals surface area contributed by atoms with E-state index in [0.29, 0.717) is 11.1 Å². The summed E-state index contributed by atoms with van der Waals surface area (Å²) in [6.07, 6.45) is 6.38. The Bertz CT molecular complexity index is 638. The first-order valence-electron chi connectivity index (χ1n) is 7.84. The average Bonchev–Trinajstić information content (AvgIpc) is 2.50. The number of anilines is 3. The quantitative estimate of drug-likeness (QED) is 0.840. The molecule has 0 spiro atoms. The number of aryl methyl sites for hydroxylation is 1. The molecule has 0 saturated heterocycles. The van der Waals surface area contributed by atoms with Crippen molar-refractivity contribution in [1.29, 1.82) is 0 Å². The summed E-state index contributed by atoms with van der Waals surface area (Å²) >= 11 is 6.19. The molecular formula is C17H21ClN4. The summed E-state index contributed by atoms with van der Waals surface area (Å²) in [4.78, 5) is 8.94. The lowest BCUT2D eigenvalue weighted by molar-refractivity contribution is 0.462. The van der Waals surface area contributed by atoms with Gasteiger partial charge in [-0.25, -0.2) is 9.97 Å². The second-order valence-electron chi connectivity index (χ2n) is 5.77. The summed E-state index contributed by atoms with van der Waals surface area (Å²) in [6, 6.07) is 10.1. The Hall–Kier alpha value is -1.81. The molecule has 0 amide bonds. The van der Waals surface area contributed by atoms with Crippen molar-refractivity contribution < 1.29 is 0 Å². The maximum absolute atomic E-state index is 6.19. The monoisotopic (exact) mass is 316 g/mol. The van der Waals surface area contributed by atoms with Crippen molar-refractivity contribution in [2.75, 3.05) is 10.6 Å². The lowest BCUT2D eigenvalue weighted by atomic mass is 9.95. The van der Waals surface area contributed by atoms with Crippen LogP contribution in [0.25, 0.3) is 0 Å². The van der Waals surface area contributed by atoms with E-state index in [1.54, 1.807) is 0 Å². The maximum Gasteiger partial charge on any atom is 0.136 e. The van der Waals surface area contributed by atoms with Gasteiger partial charge in [-0.2, -0.15) is 0 Å². The fourth-order valence-electron chi connectivity index (χ4n) is 2.86. The van der Waals surface area contributed by atoms with E-state index in [1.165, 1.54) is 32.1 Å². The molecule has 4 nitrogen and oxygen atoms in total. The molecule has 1 aromatic carbocycles. The van der Waals surface area contributed by atoms with Gasteiger partial charge in [0.25, 0.3) is 0 Å². The van der Waals surface area contributed by atoms with Gasteiger partial charge in [0.2, 0.25) is 0 Å². The first-order chi connectivity index (χ1) is 10.7. The molecular weight excluding hydrogens is 296 g/mol. The predicted molar refractivity (Wildman–Crippen MR) is 92.0 cm³/mol. The number of halogens is 1. The standard InChI is InChI=1S/C17H21ClN4/c1-12-19-16(21-13-7-3-2-4-8-13)11-17(20-12)22-15-10-6-5-9-14(15)18/h5-6,9-11,13H,2-4,7-8H2,1H3,(H2,19,20,21,22). The number of aromatic nitrogens is 2. The van der Waals surface area contributed by atoms with Crippen LogP contribution in [-0.4, -0.2) is 16.0 Å². The summed E-state index contributed by atoms with van der Waals surface area (Å²) in [6.45, 7) is 1.91. The number of para-hydroxylation sites is 1. The van der Waals surface area contributed by atoms with Crippen molar-refractivity contribution >= 4 is 28.9 Å². The highest BCUT2D eigenvalue weighted by Gasteiger charge is 2.14. The van der Waals surface area contributed by atoms with Crippen LogP contribution >= 0.6 is 11.6 Å². The van der Waals surface area contributed by atoms with Crippen molar-refractivity contribution in [3.63, 3.8) is 0 Å². The van der Waals surface area contributed by atoms with Gasteiger partial charge in [-0.1, -0.05) is 43.0 Å². The Labute approximate surface area is 136 Å². The first kappa shape index (κ1) is 15.1. The van der Waals surface area contributed by atoms with Crippen LogP contribution in [0.5, 0.6) is 0 Å². The molecule has 3 rings (SSSR count). The minimum absolute atomic E-state index is 0.524. The number of hydrogen-bond donors (Lipinski definition) is 2. The molecule has 1 aromatic heterocycles. The first-order valence-corrected chi connectivity index (χ1v) is 8.22. The summed E-state index contributed by atoms with van der Waals surface area (Å²) in [5.74, 6) is 2.39. The zero-order valence-corrected chi connectivity index (χ0v) is 13.5. The minimum atomic E-state index is 0.524. The van der Waals surface area contributed by atoms with Gasteiger partial charge in [-0.05, 0) is 31.9 Å². The predicted octanol–water partition coefficient (Wildman–Crippen LogP) is 4.93. The Morgan fingerprint density at radius 1 is 1.05 bits per heavy atom. The molecule has 1 aliphatic rings. The lowest BCUT2D eigenvalue weighted by Crippen LogP contribution is -2.23. The fraction of sp³-hybridized carbons (Fsp3) is 0.412. The highest BCUT2D eigenvalue weighted by Crippen LogP contribution is 2.26. The molecule has 0 atom stereocenters. The Kier molecular flexibility index (Phi) is 4.78. The summed E-state index contributed by atoms with van der Waals surface area (Å²) in [5.41, 5.74) is 0.853. The number of nitrogens with one attached hydrogen (secondary N) is 2. The Morgan fingerprint density at radius 3 is 2.55 bits per heavy atom. The Balaban J connectivity index is 1.76. The van der Waals surface area contributed by atoms with Gasteiger partial charge in [0.1, 0.15) is 17.5 Å². The largest absolute Gasteiger partial charge is 0.367 e. The maximum atomic E-state index is 6.19. The molecule has 0 radical (unpaired) electrons. The van der Waals surface area contributed by atoms with Crippen LogP contribution in [0.15, 0.2) is 30.3 Å². The lowest BCUT2D eigenvalue weighted by Gasteiger charge is -2.23. The van der Waals surface area contributed by atoms with Gasteiger partial charge < -0.3 is 10.6 Å². The summed E-state index contributed by atoms with van der Waals surface area (Å²) < 4.78 is 0. The van der Waals surface area contributed by atoms with E-state index in [0.717, 1.165) is 23.1 Å². The van der Waals surface area contributed by atoms with E-state index in [1.807, 2.05) is 37.3 Å². The van der Waals surface area contributed by atoms with E-state index in [4.69, 9.17) is 11.6 Å². The normalized spacial score (nSPS) is 15.5. The second-order valence-corrected chi connectivity index (χ2v) is 6.18. The van der Waals surface area contributed by atoms with Crippen LogP contribution in [0.2, 0.25) is 5.02 Å². The van der Waals surface area contributed by atoms with Crippen molar-refractivity contribution in [3.05, 3.63) is 41.2 Å². The van der Waals surface area contributed by atoms with E-state index in [-0.39, 0.29) is 0 Å². The van der Waals surface area contributed by atoms with E-state index >= 15 is 0 Å². The zero-order chi connectivity index (χ0) is 15.4. The van der Waals surface area contributed by atoms with Crippen LogP contribution < -0.4 is 10.6 Å². The Morgan fingerprint density at radius 2 is 1.77 bits per heavy atom. The molecule has 1 heterocycles. The van der Waals surface area contributed by atoms with E-state index < -0.39 is 0 Å². The molecule has 0 bridgehead atoms. The molecule has 1 fully saturated rings. The highest BCUT2D eigenvalue weighted by molar-refractivity contribution is 6.33. The molecule has 1 saturated carbocycles. The third-order valence-corrected chi connectivity index (χ3v) is 4.26. The van der Waals surface area contributed by atoms with Crippen molar-refractivity contribution in [3.8, 4) is 0 Å². The minimum Gasteiger partial charge on any atom is -0.367 e. The van der Waals surface area contributed by atoms with Gasteiger partial charge in [-0.15, -0.1) is 0 Å². The SMILES string of the molecule is Cc1nc(Nc2ccccc2Cl)cc(NC2CCCCC2)n1. The number of hydrogen-bond acceptors (Lipinski definition) is 4. The highest BCUT2D eigenvalue weighted by atomic mass is 35.5. The molecule has 2 aromatic rings. The third-order valence-electron chi connectivity index (χ3n) is 3.93. The number of benzene rings is 1. The molecule has 2 N–H and O–H groups in total. The van der Waals surface area contributed by atoms with Crippen molar-refractivity contribution in [2.24, 2.45) is 0 Å². The fourth-order valence-corrected chi connectivity index (χ4v) is 3.05. The zero-order valence-electron chi connectivity index (χ0n) is 12.8. The molecule has 1 aliphatic carbocycles. The van der Waals surface area contributed by atoms with Crippen LogP contribution in [0.1, 0.15) is 37.9 Å². The number of rotatable bonds is 4. The van der Waals surface area contributed by atoms with Crippen LogP contribution in [-0.2, 0) is 0 Å². The van der Waals surface area contributed by atoms with Gasteiger partial charge in [-0.3, -0.25) is 0 Å². The van der Waals surface area contributed by atoms with Crippen molar-refractivity contribution in [2.45, 2.75) is 45.1 Å². The van der Waals surface area contributed by atoms with E-state index in [2.05, 4.69) is 20.6 Å².